The number of ether oxygens (including phenoxy) is 1. The van der Waals surface area contributed by atoms with E-state index >= 15 is 0 Å². The summed E-state index contributed by atoms with van der Waals surface area (Å²) in [7, 11) is 0. The Bertz CT molecular complexity index is 1000. The van der Waals surface area contributed by atoms with Crippen LogP contribution in [0.4, 0.5) is 14.5 Å². The minimum atomic E-state index is -0.641. The maximum atomic E-state index is 13.8. The number of nitrogens with zero attached hydrogens (tertiary/aromatic N) is 2. The van der Waals surface area contributed by atoms with Crippen LogP contribution < -0.4 is 10.1 Å². The SMILES string of the molecule is C#Cc1cc(F)cc(C(=O)Nc2cc(F)cc(Oc3cncnc3)c2)c1. The van der Waals surface area contributed by atoms with Gasteiger partial charge in [-0.1, -0.05) is 5.92 Å². The molecule has 0 saturated carbocycles. The molecule has 0 unspecified atom stereocenters. The van der Waals surface area contributed by atoms with Crippen LogP contribution in [0.15, 0.2) is 55.1 Å². The number of anilines is 1. The molecule has 0 aliphatic heterocycles. The molecule has 0 spiro atoms. The maximum Gasteiger partial charge on any atom is 0.255 e. The Morgan fingerprint density at radius 1 is 1.00 bits per heavy atom. The second kappa shape index (κ2) is 7.40. The van der Waals surface area contributed by atoms with E-state index in [1.165, 1.54) is 30.9 Å². The largest absolute Gasteiger partial charge is 0.454 e. The van der Waals surface area contributed by atoms with Crippen molar-refractivity contribution >= 4 is 11.6 Å². The van der Waals surface area contributed by atoms with E-state index in [0.29, 0.717) is 5.75 Å². The van der Waals surface area contributed by atoms with Crippen molar-refractivity contribution in [2.75, 3.05) is 5.32 Å². The summed E-state index contributed by atoms with van der Waals surface area (Å²) in [4.78, 5) is 19.9. The second-order valence-electron chi connectivity index (χ2n) is 5.18. The summed E-state index contributed by atoms with van der Waals surface area (Å²) in [5, 5.41) is 2.48. The highest BCUT2D eigenvalue weighted by Crippen LogP contribution is 2.25. The first-order valence-corrected chi connectivity index (χ1v) is 7.35. The zero-order valence-electron chi connectivity index (χ0n) is 13.2. The number of hydrogen-bond acceptors (Lipinski definition) is 4. The predicted octanol–water partition coefficient (Wildman–Crippen LogP) is 3.78. The Balaban J connectivity index is 1.82. The molecule has 1 heterocycles. The Labute approximate surface area is 147 Å². The molecule has 128 valence electrons. The van der Waals surface area contributed by atoms with E-state index < -0.39 is 17.5 Å². The van der Waals surface area contributed by atoms with E-state index in [1.807, 2.05) is 0 Å². The van der Waals surface area contributed by atoms with Crippen molar-refractivity contribution in [3.63, 3.8) is 0 Å². The number of terminal acetylenes is 1. The van der Waals surface area contributed by atoms with Crippen molar-refractivity contribution in [3.8, 4) is 23.8 Å². The van der Waals surface area contributed by atoms with Gasteiger partial charge in [-0.3, -0.25) is 4.79 Å². The van der Waals surface area contributed by atoms with Crippen molar-refractivity contribution < 1.29 is 18.3 Å². The fourth-order valence-electron chi connectivity index (χ4n) is 2.18. The lowest BCUT2D eigenvalue weighted by Crippen LogP contribution is -2.12. The molecular weight excluding hydrogens is 340 g/mol. The Kier molecular flexibility index (Phi) is 4.85. The van der Waals surface area contributed by atoms with Gasteiger partial charge in [0.05, 0.1) is 12.4 Å². The van der Waals surface area contributed by atoms with Gasteiger partial charge in [0, 0.05) is 28.9 Å². The van der Waals surface area contributed by atoms with Crippen LogP contribution in [0, 0.1) is 24.0 Å². The van der Waals surface area contributed by atoms with E-state index in [1.54, 1.807) is 0 Å². The van der Waals surface area contributed by atoms with Gasteiger partial charge in [-0.2, -0.15) is 0 Å². The van der Waals surface area contributed by atoms with E-state index in [9.17, 15) is 13.6 Å². The third kappa shape index (κ3) is 4.19. The van der Waals surface area contributed by atoms with E-state index in [2.05, 4.69) is 21.2 Å². The molecule has 0 aliphatic rings. The number of aromatic nitrogens is 2. The number of halogens is 2. The van der Waals surface area contributed by atoms with Gasteiger partial charge in [0.1, 0.15) is 23.7 Å². The van der Waals surface area contributed by atoms with Crippen LogP contribution in [-0.4, -0.2) is 15.9 Å². The molecule has 1 amide bonds. The van der Waals surface area contributed by atoms with Crippen LogP contribution in [-0.2, 0) is 0 Å². The van der Waals surface area contributed by atoms with Crippen molar-refractivity contribution in [2.45, 2.75) is 0 Å². The fourth-order valence-corrected chi connectivity index (χ4v) is 2.18. The van der Waals surface area contributed by atoms with Crippen LogP contribution in [0.5, 0.6) is 11.5 Å². The normalized spacial score (nSPS) is 10.0. The predicted molar refractivity (Wildman–Crippen MR) is 90.8 cm³/mol. The summed E-state index contributed by atoms with van der Waals surface area (Å²) < 4.78 is 32.8. The molecule has 0 aliphatic carbocycles. The van der Waals surface area contributed by atoms with E-state index in [4.69, 9.17) is 11.2 Å². The van der Waals surface area contributed by atoms with Crippen LogP contribution in [0.1, 0.15) is 15.9 Å². The molecule has 0 atom stereocenters. The highest BCUT2D eigenvalue weighted by Gasteiger charge is 2.11. The van der Waals surface area contributed by atoms with E-state index in [-0.39, 0.29) is 22.6 Å². The molecule has 0 saturated heterocycles. The van der Waals surface area contributed by atoms with Crippen LogP contribution in [0.25, 0.3) is 0 Å². The Morgan fingerprint density at radius 3 is 2.46 bits per heavy atom. The van der Waals surface area contributed by atoms with Crippen LogP contribution in [0.2, 0.25) is 0 Å². The van der Waals surface area contributed by atoms with Crippen molar-refractivity contribution in [3.05, 3.63) is 77.9 Å². The first-order chi connectivity index (χ1) is 12.5. The number of rotatable bonds is 4. The number of carbonyl (C=O) groups is 1. The van der Waals surface area contributed by atoms with Gasteiger partial charge < -0.3 is 10.1 Å². The van der Waals surface area contributed by atoms with Gasteiger partial charge in [0.2, 0.25) is 0 Å². The summed E-state index contributed by atoms with van der Waals surface area (Å²) in [5.74, 6) is 0.797. The first kappa shape index (κ1) is 17.0. The highest BCUT2D eigenvalue weighted by atomic mass is 19.1. The quantitative estimate of drug-likeness (QED) is 0.727. The molecule has 1 aromatic heterocycles. The van der Waals surface area contributed by atoms with Crippen molar-refractivity contribution in [2.24, 2.45) is 0 Å². The highest BCUT2D eigenvalue weighted by molar-refractivity contribution is 6.04. The first-order valence-electron chi connectivity index (χ1n) is 7.35. The lowest BCUT2D eigenvalue weighted by atomic mass is 10.1. The Hall–Kier alpha value is -3.79. The van der Waals surface area contributed by atoms with Gasteiger partial charge >= 0.3 is 0 Å². The second-order valence-corrected chi connectivity index (χ2v) is 5.18. The molecule has 5 nitrogen and oxygen atoms in total. The third-order valence-corrected chi connectivity index (χ3v) is 3.23. The maximum absolute atomic E-state index is 13.8. The molecule has 3 aromatic rings. The topological polar surface area (TPSA) is 64.1 Å². The summed E-state index contributed by atoms with van der Waals surface area (Å²) in [6.07, 6.45) is 9.37. The number of benzene rings is 2. The molecule has 26 heavy (non-hydrogen) atoms. The number of nitrogens with one attached hydrogen (secondary N) is 1. The van der Waals surface area contributed by atoms with Gasteiger partial charge in [-0.05, 0) is 24.3 Å². The van der Waals surface area contributed by atoms with Gasteiger partial charge in [0.15, 0.2) is 5.75 Å². The lowest BCUT2D eigenvalue weighted by Gasteiger charge is -2.09. The Morgan fingerprint density at radius 2 is 1.73 bits per heavy atom. The van der Waals surface area contributed by atoms with E-state index in [0.717, 1.165) is 24.3 Å². The van der Waals surface area contributed by atoms with Gasteiger partial charge in [0.25, 0.3) is 5.91 Å². The molecule has 1 N–H and O–H groups in total. The molecule has 0 radical (unpaired) electrons. The number of hydrogen-bond donors (Lipinski definition) is 1. The fraction of sp³-hybridized carbons (Fsp3) is 0. The number of carbonyl (C=O) groups excluding carboxylic acids is 1. The summed E-state index contributed by atoms with van der Waals surface area (Å²) >= 11 is 0. The molecule has 0 fully saturated rings. The molecule has 2 aromatic carbocycles. The lowest BCUT2D eigenvalue weighted by molar-refractivity contribution is 0.102. The van der Waals surface area contributed by atoms with Crippen molar-refractivity contribution in [1.82, 2.24) is 9.97 Å². The minimum Gasteiger partial charge on any atom is -0.454 e. The summed E-state index contributed by atoms with van der Waals surface area (Å²) in [5.41, 5.74) is 0.372. The minimum absolute atomic E-state index is 0.0149. The van der Waals surface area contributed by atoms with Crippen LogP contribution in [0.3, 0.4) is 0 Å². The molecule has 0 bridgehead atoms. The monoisotopic (exact) mass is 351 g/mol. The molecule has 7 heteroatoms. The number of amides is 1. The smallest absolute Gasteiger partial charge is 0.255 e. The van der Waals surface area contributed by atoms with Crippen molar-refractivity contribution in [1.29, 1.82) is 0 Å². The average Bonchev–Trinajstić information content (AvgIpc) is 2.61. The summed E-state index contributed by atoms with van der Waals surface area (Å²) in [6, 6.07) is 7.18. The summed E-state index contributed by atoms with van der Waals surface area (Å²) in [6.45, 7) is 0. The van der Waals surface area contributed by atoms with Gasteiger partial charge in [-0.15, -0.1) is 6.42 Å². The van der Waals surface area contributed by atoms with Gasteiger partial charge in [-0.25, -0.2) is 18.7 Å². The average molecular weight is 351 g/mol. The zero-order valence-corrected chi connectivity index (χ0v) is 13.2. The molecular formula is C19H11F2N3O2. The molecule has 3 rings (SSSR count). The third-order valence-electron chi connectivity index (χ3n) is 3.23. The van der Waals surface area contributed by atoms with Crippen LogP contribution >= 0.6 is 0 Å². The standard InChI is InChI=1S/C19H11F2N3O2/c1-2-12-3-13(5-14(20)4-12)19(25)24-16-6-15(21)7-17(8-16)26-18-9-22-11-23-10-18/h1,3-11H,(H,24,25). The zero-order chi connectivity index (χ0) is 18.5.